The first-order valence-electron chi connectivity index (χ1n) is 7.91. The van der Waals surface area contributed by atoms with Crippen molar-refractivity contribution in [2.45, 2.75) is 39.2 Å². The molecular weight excluding hydrogens is 310 g/mol. The second-order valence-electron chi connectivity index (χ2n) is 5.27. The first kappa shape index (κ1) is 19.3. The number of benzene rings is 1. The highest BCUT2D eigenvalue weighted by atomic mass is 32.2. The molecule has 5 heteroatoms. The molecule has 0 aliphatic heterocycles. The zero-order valence-electron chi connectivity index (χ0n) is 13.7. The van der Waals surface area contributed by atoms with Crippen LogP contribution in [0.2, 0.25) is 0 Å². The average molecular weight is 335 g/mol. The van der Waals surface area contributed by atoms with Crippen molar-refractivity contribution in [1.29, 1.82) is 0 Å². The number of carbonyl (C=O) groups is 2. The van der Waals surface area contributed by atoms with Crippen LogP contribution in [0, 0.1) is 0 Å². The smallest absolute Gasteiger partial charge is 0.242 e. The van der Waals surface area contributed by atoms with Crippen LogP contribution in [0.1, 0.15) is 38.2 Å². The van der Waals surface area contributed by atoms with Crippen LogP contribution in [0.5, 0.6) is 0 Å². The minimum atomic E-state index is -1.22. The van der Waals surface area contributed by atoms with Gasteiger partial charge in [0.05, 0.1) is 6.54 Å². The molecule has 0 heterocycles. The van der Waals surface area contributed by atoms with Crippen LogP contribution in [0.25, 0.3) is 0 Å². The first-order chi connectivity index (χ1) is 11.1. The fraction of sp³-hybridized carbons (Fsp3) is 0.444. The van der Waals surface area contributed by atoms with Gasteiger partial charge in [-0.15, -0.1) is 6.58 Å². The number of carbonyl (C=O) groups excluding carboxylic acids is 2. The summed E-state index contributed by atoms with van der Waals surface area (Å²) in [6.45, 7) is 5.66. The van der Waals surface area contributed by atoms with E-state index in [-0.39, 0.29) is 24.1 Å². The first-order valence-corrected chi connectivity index (χ1v) is 9.40. The highest BCUT2D eigenvalue weighted by molar-refractivity contribution is 7.85. The van der Waals surface area contributed by atoms with E-state index < -0.39 is 10.8 Å². The summed E-state index contributed by atoms with van der Waals surface area (Å²) >= 11 is 0. The van der Waals surface area contributed by atoms with Gasteiger partial charge in [0.25, 0.3) is 0 Å². The maximum absolute atomic E-state index is 12.4. The summed E-state index contributed by atoms with van der Waals surface area (Å²) in [6, 6.07) is 9.39. The van der Waals surface area contributed by atoms with E-state index in [0.717, 1.165) is 24.8 Å². The molecule has 0 fully saturated rings. The van der Waals surface area contributed by atoms with Gasteiger partial charge in [-0.05, 0) is 24.8 Å². The third-order valence-electron chi connectivity index (χ3n) is 3.44. The van der Waals surface area contributed by atoms with Crippen LogP contribution < -0.4 is 0 Å². The highest BCUT2D eigenvalue weighted by Crippen LogP contribution is 2.10. The van der Waals surface area contributed by atoms with Crippen molar-refractivity contribution in [3.63, 3.8) is 0 Å². The molecule has 0 aliphatic rings. The third-order valence-corrected chi connectivity index (χ3v) is 4.65. The standard InChI is InChI=1S/C18H25NO3S/c1-3-5-6-10-13-17(20)19(18(21)15-23(22)4-2)14-16-11-8-7-9-12-16/h3,7-9,11-12H,1,4-6,10,13-15H2,2H3. The largest absolute Gasteiger partial charge is 0.277 e. The molecule has 0 radical (unpaired) electrons. The second kappa shape index (κ2) is 10.9. The minimum Gasteiger partial charge on any atom is -0.277 e. The second-order valence-corrected chi connectivity index (χ2v) is 7.01. The Labute approximate surface area is 141 Å². The molecule has 23 heavy (non-hydrogen) atoms. The van der Waals surface area contributed by atoms with E-state index in [0.29, 0.717) is 12.2 Å². The van der Waals surface area contributed by atoms with Gasteiger partial charge in [0.2, 0.25) is 11.8 Å². The Hall–Kier alpha value is -1.75. The van der Waals surface area contributed by atoms with Crippen molar-refractivity contribution in [2.24, 2.45) is 0 Å². The summed E-state index contributed by atoms with van der Waals surface area (Å²) in [5, 5.41) is 0. The Kier molecular flexibility index (Phi) is 9.14. The molecule has 1 atom stereocenters. The molecule has 0 bridgehead atoms. The van der Waals surface area contributed by atoms with Crippen molar-refractivity contribution in [3.8, 4) is 0 Å². The molecule has 126 valence electrons. The molecule has 0 saturated heterocycles. The lowest BCUT2D eigenvalue weighted by Gasteiger charge is -2.21. The number of hydrogen-bond donors (Lipinski definition) is 0. The molecule has 0 aliphatic carbocycles. The van der Waals surface area contributed by atoms with E-state index in [1.54, 1.807) is 6.92 Å². The van der Waals surface area contributed by atoms with Crippen molar-refractivity contribution in [3.05, 3.63) is 48.6 Å². The zero-order valence-corrected chi connectivity index (χ0v) is 14.5. The van der Waals surface area contributed by atoms with Crippen LogP contribution in [0.15, 0.2) is 43.0 Å². The van der Waals surface area contributed by atoms with Crippen LogP contribution in [0.4, 0.5) is 0 Å². The summed E-state index contributed by atoms with van der Waals surface area (Å²) in [6.07, 6.45) is 4.61. The maximum atomic E-state index is 12.4. The monoisotopic (exact) mass is 335 g/mol. The maximum Gasteiger partial charge on any atom is 0.242 e. The topological polar surface area (TPSA) is 54.5 Å². The lowest BCUT2D eigenvalue weighted by Crippen LogP contribution is -2.39. The van der Waals surface area contributed by atoms with Gasteiger partial charge < -0.3 is 0 Å². The third kappa shape index (κ3) is 7.37. The van der Waals surface area contributed by atoms with Gasteiger partial charge in [-0.2, -0.15) is 0 Å². The predicted molar refractivity (Wildman–Crippen MR) is 94.2 cm³/mol. The number of hydrogen-bond acceptors (Lipinski definition) is 3. The molecule has 0 saturated carbocycles. The number of allylic oxidation sites excluding steroid dienone is 1. The molecule has 0 spiro atoms. The highest BCUT2D eigenvalue weighted by Gasteiger charge is 2.22. The Balaban J connectivity index is 2.74. The Bertz CT molecular complexity index is 542. The lowest BCUT2D eigenvalue weighted by molar-refractivity contribution is -0.144. The van der Waals surface area contributed by atoms with Gasteiger partial charge in [-0.1, -0.05) is 43.3 Å². The van der Waals surface area contributed by atoms with Crippen molar-refractivity contribution < 1.29 is 13.8 Å². The van der Waals surface area contributed by atoms with Crippen LogP contribution in [-0.2, 0) is 26.9 Å². The van der Waals surface area contributed by atoms with Gasteiger partial charge in [-0.25, -0.2) is 0 Å². The van der Waals surface area contributed by atoms with E-state index in [1.807, 2.05) is 36.4 Å². The molecule has 2 amide bonds. The molecular formula is C18H25NO3S. The van der Waals surface area contributed by atoms with Crippen LogP contribution >= 0.6 is 0 Å². The van der Waals surface area contributed by atoms with Gasteiger partial charge in [0.15, 0.2) is 0 Å². The number of nitrogens with zero attached hydrogens (tertiary/aromatic N) is 1. The summed E-state index contributed by atoms with van der Waals surface area (Å²) in [5.41, 5.74) is 0.891. The van der Waals surface area contributed by atoms with E-state index >= 15 is 0 Å². The zero-order chi connectivity index (χ0) is 17.1. The summed E-state index contributed by atoms with van der Waals surface area (Å²) in [7, 11) is -1.22. The van der Waals surface area contributed by atoms with Crippen LogP contribution in [-0.4, -0.2) is 32.4 Å². The Morgan fingerprint density at radius 3 is 2.48 bits per heavy atom. The van der Waals surface area contributed by atoms with E-state index in [9.17, 15) is 13.8 Å². The lowest BCUT2D eigenvalue weighted by atomic mass is 10.1. The molecule has 1 aromatic carbocycles. The number of rotatable bonds is 10. The fourth-order valence-electron chi connectivity index (χ4n) is 2.10. The summed E-state index contributed by atoms with van der Waals surface area (Å²) < 4.78 is 11.6. The van der Waals surface area contributed by atoms with E-state index in [1.165, 1.54) is 4.90 Å². The van der Waals surface area contributed by atoms with Gasteiger partial charge in [-0.3, -0.25) is 18.7 Å². The minimum absolute atomic E-state index is 0.0955. The fourth-order valence-corrected chi connectivity index (χ4v) is 2.73. The van der Waals surface area contributed by atoms with Gasteiger partial charge in [0, 0.05) is 23.0 Å². The van der Waals surface area contributed by atoms with Crippen molar-refractivity contribution in [2.75, 3.05) is 11.5 Å². The van der Waals surface area contributed by atoms with Crippen LogP contribution in [0.3, 0.4) is 0 Å². The van der Waals surface area contributed by atoms with E-state index in [4.69, 9.17) is 0 Å². The molecule has 1 unspecified atom stereocenters. The van der Waals surface area contributed by atoms with Gasteiger partial charge in [0.1, 0.15) is 5.75 Å². The number of imide groups is 1. The normalized spacial score (nSPS) is 11.7. The van der Waals surface area contributed by atoms with Crippen molar-refractivity contribution in [1.82, 2.24) is 4.90 Å². The quantitative estimate of drug-likeness (QED) is 0.488. The predicted octanol–water partition coefficient (Wildman–Crippen LogP) is 3.06. The molecule has 1 aromatic rings. The molecule has 1 rings (SSSR count). The number of unbranched alkanes of at least 4 members (excludes halogenated alkanes) is 2. The molecule has 4 nitrogen and oxygen atoms in total. The van der Waals surface area contributed by atoms with Gasteiger partial charge >= 0.3 is 0 Å². The van der Waals surface area contributed by atoms with Crippen molar-refractivity contribution >= 4 is 22.6 Å². The van der Waals surface area contributed by atoms with E-state index in [2.05, 4.69) is 6.58 Å². The summed E-state index contributed by atoms with van der Waals surface area (Å²) in [4.78, 5) is 26.0. The number of amides is 2. The SMILES string of the molecule is C=CCCCCC(=O)N(Cc1ccccc1)C(=O)CS(=O)CC. The Morgan fingerprint density at radius 1 is 1.17 bits per heavy atom. The Morgan fingerprint density at radius 2 is 1.87 bits per heavy atom. The average Bonchev–Trinajstić information content (AvgIpc) is 2.57. The molecule has 0 aromatic heterocycles. The molecule has 0 N–H and O–H groups in total. The summed E-state index contributed by atoms with van der Waals surface area (Å²) in [5.74, 6) is -0.237.